The number of para-hydroxylation sites is 1. The smallest absolute Gasteiger partial charge is 0.0705 e. The van der Waals surface area contributed by atoms with Gasteiger partial charge >= 0.3 is 0 Å². The Bertz CT molecular complexity index is 1090. The van der Waals surface area contributed by atoms with E-state index in [2.05, 4.69) is 76.7 Å². The van der Waals surface area contributed by atoms with Gasteiger partial charge in [0.1, 0.15) is 0 Å². The zero-order chi connectivity index (χ0) is 19.2. The molecule has 146 valence electrons. The fourth-order valence-corrected chi connectivity index (χ4v) is 4.81. The predicted octanol–water partition coefficient (Wildman–Crippen LogP) is 4.41. The number of nitrogens with zero attached hydrogens (tertiary/aromatic N) is 3. The van der Waals surface area contributed by atoms with Crippen molar-refractivity contribution in [3.63, 3.8) is 0 Å². The number of pyridine rings is 1. The lowest BCUT2D eigenvalue weighted by Crippen LogP contribution is -2.37. The Hall–Kier alpha value is -2.85. The van der Waals surface area contributed by atoms with E-state index in [-0.39, 0.29) is 0 Å². The maximum Gasteiger partial charge on any atom is 0.0705 e. The van der Waals surface area contributed by atoms with Crippen molar-refractivity contribution in [1.82, 2.24) is 9.88 Å². The zero-order valence-corrected chi connectivity index (χ0v) is 16.5. The monoisotopic (exact) mass is 383 g/mol. The molecule has 1 saturated carbocycles. The number of anilines is 1. The first kappa shape index (κ1) is 17.0. The van der Waals surface area contributed by atoms with Crippen molar-refractivity contribution in [1.29, 1.82) is 0 Å². The molecule has 2 aromatic carbocycles. The minimum atomic E-state index is 0.529. The average Bonchev–Trinajstić information content (AvgIpc) is 3.60. The molecule has 6 rings (SSSR count). The fraction of sp³-hybridized carbons (Fsp3) is 0.320. The molecule has 4 heteroatoms. The van der Waals surface area contributed by atoms with Gasteiger partial charge in [0.05, 0.1) is 18.7 Å². The van der Waals surface area contributed by atoms with Gasteiger partial charge in [-0.2, -0.15) is 0 Å². The molecule has 2 atom stereocenters. The van der Waals surface area contributed by atoms with Crippen LogP contribution in [-0.4, -0.2) is 42.2 Å². The molecule has 1 saturated heterocycles. The van der Waals surface area contributed by atoms with E-state index in [1.165, 1.54) is 34.3 Å². The maximum absolute atomic E-state index is 5.56. The highest BCUT2D eigenvalue weighted by molar-refractivity contribution is 5.78. The summed E-state index contributed by atoms with van der Waals surface area (Å²) < 4.78 is 5.56. The summed E-state index contributed by atoms with van der Waals surface area (Å²) in [7, 11) is 0. The molecule has 0 radical (unpaired) electrons. The first-order valence-electron chi connectivity index (χ1n) is 10.6. The number of morpholine rings is 1. The normalized spacial score (nSPS) is 23.3. The van der Waals surface area contributed by atoms with E-state index in [9.17, 15) is 0 Å². The van der Waals surface area contributed by atoms with Crippen molar-refractivity contribution < 1.29 is 4.74 Å². The van der Waals surface area contributed by atoms with E-state index in [4.69, 9.17) is 9.72 Å². The first-order valence-corrected chi connectivity index (χ1v) is 10.6. The Morgan fingerprint density at radius 2 is 1.83 bits per heavy atom. The first-order chi connectivity index (χ1) is 14.4. The minimum Gasteiger partial charge on any atom is -0.378 e. The van der Waals surface area contributed by atoms with Gasteiger partial charge in [0.2, 0.25) is 0 Å². The third kappa shape index (κ3) is 3.08. The fourth-order valence-electron chi connectivity index (χ4n) is 4.81. The van der Waals surface area contributed by atoms with Crippen LogP contribution >= 0.6 is 0 Å². The summed E-state index contributed by atoms with van der Waals surface area (Å²) >= 11 is 0. The van der Waals surface area contributed by atoms with Crippen LogP contribution in [0.15, 0.2) is 60.8 Å². The highest BCUT2D eigenvalue weighted by Crippen LogP contribution is 2.46. The molecule has 3 aliphatic rings. The summed E-state index contributed by atoms with van der Waals surface area (Å²) in [5.41, 5.74) is 6.51. The second-order valence-corrected chi connectivity index (χ2v) is 8.27. The van der Waals surface area contributed by atoms with Gasteiger partial charge < -0.3 is 14.5 Å². The van der Waals surface area contributed by atoms with E-state index in [0.717, 1.165) is 38.4 Å². The van der Waals surface area contributed by atoms with E-state index < -0.39 is 0 Å². The number of hydrogen-bond donors (Lipinski definition) is 0. The average molecular weight is 383 g/mol. The Labute approximate surface area is 171 Å². The SMILES string of the molecule is C1=CN(C2CC2c2ccc3ccccc3n2)Cc2c1cccc2N1CCOCC1. The molecule has 2 fully saturated rings. The quantitative estimate of drug-likeness (QED) is 0.670. The second-order valence-electron chi connectivity index (χ2n) is 8.27. The van der Waals surface area contributed by atoms with Gasteiger partial charge in [-0.05, 0) is 36.3 Å². The largest absolute Gasteiger partial charge is 0.378 e. The summed E-state index contributed by atoms with van der Waals surface area (Å²) in [5.74, 6) is 0.529. The highest BCUT2D eigenvalue weighted by atomic mass is 16.5. The third-order valence-electron chi connectivity index (χ3n) is 6.51. The lowest BCUT2D eigenvalue weighted by Gasteiger charge is -2.34. The topological polar surface area (TPSA) is 28.6 Å². The van der Waals surface area contributed by atoms with Crippen LogP contribution in [0.25, 0.3) is 17.0 Å². The number of benzene rings is 2. The van der Waals surface area contributed by atoms with Gasteiger partial charge in [-0.15, -0.1) is 0 Å². The van der Waals surface area contributed by atoms with Gasteiger partial charge in [0.15, 0.2) is 0 Å². The number of aromatic nitrogens is 1. The molecule has 29 heavy (non-hydrogen) atoms. The molecular formula is C25H25N3O. The molecule has 0 N–H and O–H groups in total. The number of hydrogen-bond acceptors (Lipinski definition) is 4. The van der Waals surface area contributed by atoms with Gasteiger partial charge in [-0.25, -0.2) is 0 Å². The van der Waals surface area contributed by atoms with Gasteiger partial charge in [-0.1, -0.05) is 36.4 Å². The zero-order valence-electron chi connectivity index (χ0n) is 16.5. The molecule has 0 amide bonds. The van der Waals surface area contributed by atoms with E-state index in [1.54, 1.807) is 0 Å². The van der Waals surface area contributed by atoms with Crippen LogP contribution in [-0.2, 0) is 11.3 Å². The molecule has 0 spiro atoms. The summed E-state index contributed by atoms with van der Waals surface area (Å²) in [6.07, 6.45) is 5.76. The van der Waals surface area contributed by atoms with Crippen molar-refractivity contribution in [2.24, 2.45) is 0 Å². The summed E-state index contributed by atoms with van der Waals surface area (Å²) in [6, 6.07) is 20.1. The maximum atomic E-state index is 5.56. The van der Waals surface area contributed by atoms with Crippen LogP contribution in [0.3, 0.4) is 0 Å². The van der Waals surface area contributed by atoms with Crippen LogP contribution in [0.4, 0.5) is 5.69 Å². The van der Waals surface area contributed by atoms with Crippen LogP contribution < -0.4 is 4.90 Å². The van der Waals surface area contributed by atoms with Crippen LogP contribution in [0.1, 0.15) is 29.2 Å². The van der Waals surface area contributed by atoms with Crippen molar-refractivity contribution in [2.75, 3.05) is 31.2 Å². The summed E-state index contributed by atoms with van der Waals surface area (Å²) in [5, 5.41) is 1.22. The predicted molar refractivity (Wildman–Crippen MR) is 117 cm³/mol. The Morgan fingerprint density at radius 1 is 0.931 bits per heavy atom. The van der Waals surface area contributed by atoms with Gasteiger partial charge in [-0.3, -0.25) is 4.98 Å². The Kier molecular flexibility index (Phi) is 4.05. The van der Waals surface area contributed by atoms with Crippen LogP contribution in [0, 0.1) is 0 Å². The Balaban J connectivity index is 1.24. The lowest BCUT2D eigenvalue weighted by atomic mass is 10.0. The standard InChI is InChI=1S/C25H25N3O/c1-2-6-22-19(4-1)8-9-23(26-22)20-16-25(20)28-11-10-18-5-3-7-24(21(18)17-28)27-12-14-29-15-13-27/h1-11,20,25H,12-17H2. The van der Waals surface area contributed by atoms with Crippen molar-refractivity contribution in [3.05, 3.63) is 77.6 Å². The molecule has 1 aliphatic carbocycles. The van der Waals surface area contributed by atoms with Gasteiger partial charge in [0, 0.05) is 60.1 Å². The van der Waals surface area contributed by atoms with Crippen molar-refractivity contribution in [3.8, 4) is 0 Å². The molecule has 1 aromatic heterocycles. The van der Waals surface area contributed by atoms with Crippen LogP contribution in [0.2, 0.25) is 0 Å². The second kappa shape index (κ2) is 6.89. The summed E-state index contributed by atoms with van der Waals surface area (Å²) in [6.45, 7) is 4.58. The van der Waals surface area contributed by atoms with Gasteiger partial charge in [0.25, 0.3) is 0 Å². The molecule has 3 heterocycles. The lowest BCUT2D eigenvalue weighted by molar-refractivity contribution is 0.122. The molecule has 4 nitrogen and oxygen atoms in total. The van der Waals surface area contributed by atoms with E-state index >= 15 is 0 Å². The third-order valence-corrected chi connectivity index (χ3v) is 6.51. The Morgan fingerprint density at radius 3 is 2.76 bits per heavy atom. The number of ether oxygens (including phenoxy) is 1. The molecular weight excluding hydrogens is 358 g/mol. The van der Waals surface area contributed by atoms with Crippen LogP contribution in [0.5, 0.6) is 0 Å². The molecule has 0 bridgehead atoms. The van der Waals surface area contributed by atoms with E-state index in [1.807, 2.05) is 0 Å². The molecule has 2 aliphatic heterocycles. The molecule has 2 unspecified atom stereocenters. The number of rotatable bonds is 3. The van der Waals surface area contributed by atoms with Crippen molar-refractivity contribution >= 4 is 22.7 Å². The van der Waals surface area contributed by atoms with E-state index in [0.29, 0.717) is 12.0 Å². The minimum absolute atomic E-state index is 0.529. The summed E-state index contributed by atoms with van der Waals surface area (Å²) in [4.78, 5) is 9.95. The molecule has 3 aromatic rings. The van der Waals surface area contributed by atoms with Crippen molar-refractivity contribution in [2.45, 2.75) is 24.9 Å². The highest BCUT2D eigenvalue weighted by Gasteiger charge is 2.43. The number of fused-ring (bicyclic) bond motifs is 2.